The van der Waals surface area contributed by atoms with E-state index in [1.807, 2.05) is 24.7 Å². The number of ether oxygens (including phenoxy) is 4. The molecule has 2 saturated heterocycles. The molecule has 2 fully saturated rings. The summed E-state index contributed by atoms with van der Waals surface area (Å²) in [7, 11) is 1.63. The van der Waals surface area contributed by atoms with Crippen LogP contribution >= 0.6 is 0 Å². The average molecular weight is 325 g/mol. The van der Waals surface area contributed by atoms with Gasteiger partial charge in [-0.25, -0.2) is 4.68 Å². The van der Waals surface area contributed by atoms with Crippen LogP contribution in [0.5, 0.6) is 0 Å². The van der Waals surface area contributed by atoms with E-state index in [9.17, 15) is 0 Å². The van der Waals surface area contributed by atoms with Gasteiger partial charge in [0.2, 0.25) is 0 Å². The minimum Gasteiger partial charge on any atom is -0.353 e. The number of hydrogen-bond acceptors (Lipinski definition) is 6. The molecule has 4 atom stereocenters. The van der Waals surface area contributed by atoms with Crippen LogP contribution in [0, 0.1) is 0 Å². The lowest BCUT2D eigenvalue weighted by Crippen LogP contribution is -2.33. The molecular weight excluding hydrogens is 298 g/mol. The second kappa shape index (κ2) is 6.84. The van der Waals surface area contributed by atoms with E-state index >= 15 is 0 Å². The molecule has 2 aliphatic rings. The van der Waals surface area contributed by atoms with Crippen molar-refractivity contribution in [2.24, 2.45) is 0 Å². The zero-order chi connectivity index (χ0) is 16.4. The lowest BCUT2D eigenvalue weighted by molar-refractivity contribution is -0.228. The number of rotatable bonds is 7. The van der Waals surface area contributed by atoms with Gasteiger partial charge in [0.25, 0.3) is 0 Å². The van der Waals surface area contributed by atoms with Gasteiger partial charge in [0.05, 0.1) is 12.2 Å². The molecule has 0 aromatic carbocycles. The van der Waals surface area contributed by atoms with Crippen molar-refractivity contribution in [2.75, 3.05) is 7.11 Å². The van der Waals surface area contributed by atoms with Crippen LogP contribution in [0.4, 0.5) is 0 Å². The first kappa shape index (κ1) is 16.8. The fraction of sp³-hybridized carbons (Fsp3) is 0.875. The minimum atomic E-state index is -0.609. The van der Waals surface area contributed by atoms with Gasteiger partial charge in [-0.2, -0.15) is 0 Å². The lowest BCUT2D eigenvalue weighted by atomic mass is 10.1. The highest BCUT2D eigenvalue weighted by molar-refractivity contribution is 4.97. The second-order valence-corrected chi connectivity index (χ2v) is 6.73. The molecule has 3 rings (SSSR count). The first-order valence-electron chi connectivity index (χ1n) is 8.45. The summed E-state index contributed by atoms with van der Waals surface area (Å²) >= 11 is 0. The summed E-state index contributed by atoms with van der Waals surface area (Å²) < 4.78 is 25.0. The maximum atomic E-state index is 5.99. The molecule has 23 heavy (non-hydrogen) atoms. The SMILES string of the molecule is CCCCCc1cn(C[C@H]2O[C@@H](OC)[C@@H]3OC(C)(C)O[C@@H]32)nn1. The number of unbranched alkanes of at least 4 members (excludes halogenated alkanes) is 2. The molecular formula is C16H27N3O4. The highest BCUT2D eigenvalue weighted by atomic mass is 16.8. The van der Waals surface area contributed by atoms with Crippen LogP contribution in [-0.4, -0.2) is 52.5 Å². The molecule has 3 heterocycles. The molecule has 0 saturated carbocycles. The van der Waals surface area contributed by atoms with Gasteiger partial charge in [0.1, 0.15) is 18.3 Å². The maximum Gasteiger partial charge on any atom is 0.186 e. The Morgan fingerprint density at radius 3 is 2.78 bits per heavy atom. The van der Waals surface area contributed by atoms with E-state index in [4.69, 9.17) is 18.9 Å². The molecule has 0 radical (unpaired) electrons. The molecule has 7 heteroatoms. The highest BCUT2D eigenvalue weighted by Gasteiger charge is 2.55. The van der Waals surface area contributed by atoms with Gasteiger partial charge in [-0.05, 0) is 26.7 Å². The van der Waals surface area contributed by atoms with Crippen molar-refractivity contribution in [1.82, 2.24) is 15.0 Å². The van der Waals surface area contributed by atoms with Crippen LogP contribution in [0.3, 0.4) is 0 Å². The number of methoxy groups -OCH3 is 1. The average Bonchev–Trinajstić information content (AvgIpc) is 3.15. The van der Waals surface area contributed by atoms with Gasteiger partial charge in [-0.1, -0.05) is 25.0 Å². The molecule has 1 aromatic heterocycles. The number of nitrogens with zero attached hydrogens (tertiary/aromatic N) is 3. The summed E-state index contributed by atoms with van der Waals surface area (Å²) in [5.41, 5.74) is 1.03. The Morgan fingerprint density at radius 2 is 2.04 bits per heavy atom. The van der Waals surface area contributed by atoms with Gasteiger partial charge >= 0.3 is 0 Å². The molecule has 0 bridgehead atoms. The predicted molar refractivity (Wildman–Crippen MR) is 82.7 cm³/mol. The maximum absolute atomic E-state index is 5.99. The zero-order valence-electron chi connectivity index (χ0n) is 14.4. The molecule has 1 aromatic rings. The molecule has 0 amide bonds. The fourth-order valence-corrected chi connectivity index (χ4v) is 3.26. The lowest BCUT2D eigenvalue weighted by Gasteiger charge is -2.23. The first-order valence-corrected chi connectivity index (χ1v) is 8.45. The summed E-state index contributed by atoms with van der Waals surface area (Å²) in [5.74, 6) is -0.609. The number of aromatic nitrogens is 3. The van der Waals surface area contributed by atoms with Crippen LogP contribution in [0.1, 0.15) is 45.7 Å². The van der Waals surface area contributed by atoms with Crippen molar-refractivity contribution < 1.29 is 18.9 Å². The van der Waals surface area contributed by atoms with Crippen molar-refractivity contribution in [1.29, 1.82) is 0 Å². The van der Waals surface area contributed by atoms with Crippen LogP contribution in [-0.2, 0) is 31.9 Å². The summed E-state index contributed by atoms with van der Waals surface area (Å²) in [4.78, 5) is 0. The Kier molecular flexibility index (Phi) is 5.01. The number of hydrogen-bond donors (Lipinski definition) is 0. The van der Waals surface area contributed by atoms with E-state index in [0.29, 0.717) is 6.54 Å². The smallest absolute Gasteiger partial charge is 0.186 e. The third-order valence-electron chi connectivity index (χ3n) is 4.33. The van der Waals surface area contributed by atoms with E-state index in [0.717, 1.165) is 18.5 Å². The van der Waals surface area contributed by atoms with E-state index in [1.54, 1.807) is 7.11 Å². The van der Waals surface area contributed by atoms with E-state index in [1.165, 1.54) is 12.8 Å². The Bertz CT molecular complexity index is 519. The van der Waals surface area contributed by atoms with Gasteiger partial charge in [-0.3, -0.25) is 0 Å². The van der Waals surface area contributed by atoms with Crippen LogP contribution in [0.2, 0.25) is 0 Å². The third-order valence-corrected chi connectivity index (χ3v) is 4.33. The molecule has 0 N–H and O–H groups in total. The molecule has 2 aliphatic heterocycles. The molecule has 7 nitrogen and oxygen atoms in total. The topological polar surface area (TPSA) is 67.6 Å². The van der Waals surface area contributed by atoms with Crippen molar-refractivity contribution in [3.8, 4) is 0 Å². The van der Waals surface area contributed by atoms with Gasteiger partial charge in [-0.15, -0.1) is 5.10 Å². The van der Waals surface area contributed by atoms with Gasteiger partial charge < -0.3 is 18.9 Å². The molecule has 0 unspecified atom stereocenters. The summed E-state index contributed by atoms with van der Waals surface area (Å²) in [6, 6.07) is 0. The largest absolute Gasteiger partial charge is 0.353 e. The fourth-order valence-electron chi connectivity index (χ4n) is 3.26. The minimum absolute atomic E-state index is 0.150. The Labute approximate surface area is 137 Å². The van der Waals surface area contributed by atoms with Crippen LogP contribution in [0.25, 0.3) is 0 Å². The van der Waals surface area contributed by atoms with E-state index in [2.05, 4.69) is 17.2 Å². The molecule has 0 spiro atoms. The summed E-state index contributed by atoms with van der Waals surface area (Å²) in [5, 5.41) is 8.45. The Morgan fingerprint density at radius 1 is 1.26 bits per heavy atom. The monoisotopic (exact) mass is 325 g/mol. The second-order valence-electron chi connectivity index (χ2n) is 6.73. The van der Waals surface area contributed by atoms with Crippen molar-refractivity contribution in [2.45, 2.75) is 83.4 Å². The third kappa shape index (κ3) is 3.74. The van der Waals surface area contributed by atoms with Gasteiger partial charge in [0, 0.05) is 13.3 Å². The van der Waals surface area contributed by atoms with Gasteiger partial charge in [0.15, 0.2) is 12.1 Å². The van der Waals surface area contributed by atoms with Crippen LogP contribution < -0.4 is 0 Å². The normalized spacial score (nSPS) is 32.3. The van der Waals surface area contributed by atoms with E-state index < -0.39 is 12.1 Å². The standard InChI is InChI=1S/C16H27N3O4/c1-5-6-7-8-11-9-19(18-17-11)10-12-13-14(15(20-4)21-12)23-16(2,3)22-13/h9,12-15H,5-8,10H2,1-4H3/t12-,13-,14-,15-/m1/s1. The summed E-state index contributed by atoms with van der Waals surface area (Å²) in [6.45, 7) is 6.61. The summed E-state index contributed by atoms with van der Waals surface area (Å²) in [6.07, 6.45) is 5.63. The first-order chi connectivity index (χ1) is 11.0. The molecule has 0 aliphatic carbocycles. The predicted octanol–water partition coefficient (Wildman–Crippen LogP) is 1.90. The van der Waals surface area contributed by atoms with Crippen LogP contribution in [0.15, 0.2) is 6.20 Å². The highest BCUT2D eigenvalue weighted by Crippen LogP contribution is 2.39. The van der Waals surface area contributed by atoms with Crippen molar-refractivity contribution in [3.05, 3.63) is 11.9 Å². The van der Waals surface area contributed by atoms with Crippen molar-refractivity contribution in [3.63, 3.8) is 0 Å². The molecule has 130 valence electrons. The Balaban J connectivity index is 1.61. The Hall–Kier alpha value is -1.02. The number of aryl methyl sites for hydroxylation is 1. The quantitative estimate of drug-likeness (QED) is 0.713. The van der Waals surface area contributed by atoms with E-state index in [-0.39, 0.29) is 18.3 Å². The zero-order valence-corrected chi connectivity index (χ0v) is 14.4. The number of fused-ring (bicyclic) bond motifs is 1. The van der Waals surface area contributed by atoms with Crippen molar-refractivity contribution >= 4 is 0 Å².